The van der Waals surface area contributed by atoms with Gasteiger partial charge in [0, 0.05) is 42.9 Å². The van der Waals surface area contributed by atoms with Crippen LogP contribution in [0.2, 0.25) is 0 Å². The summed E-state index contributed by atoms with van der Waals surface area (Å²) in [7, 11) is 2.15. The van der Waals surface area contributed by atoms with E-state index in [9.17, 15) is 0 Å². The van der Waals surface area contributed by atoms with Gasteiger partial charge in [-0.15, -0.1) is 10.2 Å². The topological polar surface area (TPSA) is 72.9 Å². The predicted molar refractivity (Wildman–Crippen MR) is 92.5 cm³/mol. The molecule has 0 bridgehead atoms. The molecule has 0 aliphatic heterocycles. The monoisotopic (exact) mass is 326 g/mol. The fourth-order valence-corrected chi connectivity index (χ4v) is 3.50. The standard InChI is InChI=1S/C18H26N6/c1-23(9-7-15-4-2-3-8-20-15)12-17-21-22-18(13-10-14(19)11-13)24(17)16-5-6-16/h2-4,8,13-14,16H,5-7,9-12,19H2,1H3. The zero-order valence-corrected chi connectivity index (χ0v) is 14.3. The van der Waals surface area contributed by atoms with E-state index in [-0.39, 0.29) is 0 Å². The van der Waals surface area contributed by atoms with E-state index in [1.807, 2.05) is 18.3 Å². The van der Waals surface area contributed by atoms with Gasteiger partial charge in [-0.2, -0.15) is 0 Å². The highest BCUT2D eigenvalue weighted by Gasteiger charge is 2.36. The van der Waals surface area contributed by atoms with Gasteiger partial charge in [0.15, 0.2) is 0 Å². The van der Waals surface area contributed by atoms with Crippen molar-refractivity contribution in [3.8, 4) is 0 Å². The number of aromatic nitrogens is 4. The van der Waals surface area contributed by atoms with Crippen molar-refractivity contribution in [1.29, 1.82) is 0 Å². The van der Waals surface area contributed by atoms with E-state index in [2.05, 4.69) is 37.8 Å². The van der Waals surface area contributed by atoms with Crippen LogP contribution in [-0.2, 0) is 13.0 Å². The molecule has 2 aliphatic carbocycles. The molecule has 2 fully saturated rings. The third-order valence-electron chi connectivity index (χ3n) is 5.13. The molecule has 0 saturated heterocycles. The molecule has 2 aromatic rings. The smallest absolute Gasteiger partial charge is 0.147 e. The molecule has 2 N–H and O–H groups in total. The summed E-state index contributed by atoms with van der Waals surface area (Å²) < 4.78 is 2.41. The second-order valence-corrected chi connectivity index (χ2v) is 7.31. The summed E-state index contributed by atoms with van der Waals surface area (Å²) in [5, 5.41) is 9.04. The lowest BCUT2D eigenvalue weighted by atomic mass is 9.80. The largest absolute Gasteiger partial charge is 0.328 e. The first-order valence-corrected chi connectivity index (χ1v) is 8.98. The van der Waals surface area contributed by atoms with Gasteiger partial charge >= 0.3 is 0 Å². The summed E-state index contributed by atoms with van der Waals surface area (Å²) in [6.07, 6.45) is 7.44. The van der Waals surface area contributed by atoms with Gasteiger partial charge in [0.1, 0.15) is 11.6 Å². The van der Waals surface area contributed by atoms with Crippen LogP contribution in [0.15, 0.2) is 24.4 Å². The van der Waals surface area contributed by atoms with E-state index in [4.69, 9.17) is 5.73 Å². The highest BCUT2D eigenvalue weighted by Crippen LogP contribution is 2.42. The molecule has 2 aliphatic rings. The van der Waals surface area contributed by atoms with Gasteiger partial charge in [-0.3, -0.25) is 9.88 Å². The maximum Gasteiger partial charge on any atom is 0.147 e. The molecule has 2 saturated carbocycles. The normalized spacial score (nSPS) is 23.5. The first-order chi connectivity index (χ1) is 11.7. The Balaban J connectivity index is 1.40. The van der Waals surface area contributed by atoms with Gasteiger partial charge in [-0.25, -0.2) is 0 Å². The minimum absolute atomic E-state index is 0.351. The minimum Gasteiger partial charge on any atom is -0.328 e. The first kappa shape index (κ1) is 15.7. The molecule has 128 valence electrons. The molecule has 0 radical (unpaired) electrons. The number of pyridine rings is 1. The second-order valence-electron chi connectivity index (χ2n) is 7.31. The molecule has 2 aromatic heterocycles. The highest BCUT2D eigenvalue weighted by molar-refractivity contribution is 5.12. The highest BCUT2D eigenvalue weighted by atomic mass is 15.3. The van der Waals surface area contributed by atoms with Crippen LogP contribution in [0, 0.1) is 0 Å². The SMILES string of the molecule is CN(CCc1ccccn1)Cc1nnc(C2CC(N)C2)n1C1CC1. The van der Waals surface area contributed by atoms with Gasteiger partial charge < -0.3 is 10.3 Å². The number of likely N-dealkylation sites (N-methyl/N-ethyl adjacent to an activating group) is 1. The molecule has 0 aromatic carbocycles. The third-order valence-corrected chi connectivity index (χ3v) is 5.13. The van der Waals surface area contributed by atoms with Crippen molar-refractivity contribution in [2.75, 3.05) is 13.6 Å². The van der Waals surface area contributed by atoms with Crippen molar-refractivity contribution in [2.24, 2.45) is 5.73 Å². The molecule has 4 rings (SSSR count). The average Bonchev–Trinajstić information content (AvgIpc) is 3.32. The lowest BCUT2D eigenvalue weighted by Crippen LogP contribution is -2.36. The van der Waals surface area contributed by atoms with Crippen LogP contribution >= 0.6 is 0 Å². The number of nitrogens with two attached hydrogens (primary N) is 1. The van der Waals surface area contributed by atoms with E-state index in [0.717, 1.165) is 43.9 Å². The Bertz CT molecular complexity index is 672. The van der Waals surface area contributed by atoms with Crippen molar-refractivity contribution < 1.29 is 0 Å². The fraction of sp³-hybridized carbons (Fsp3) is 0.611. The molecule has 6 nitrogen and oxygen atoms in total. The number of hydrogen-bond donors (Lipinski definition) is 1. The molecule has 0 amide bonds. The Hall–Kier alpha value is -1.79. The van der Waals surface area contributed by atoms with Gasteiger partial charge in [0.2, 0.25) is 0 Å². The lowest BCUT2D eigenvalue weighted by Gasteiger charge is -2.32. The Morgan fingerprint density at radius 2 is 2.08 bits per heavy atom. The van der Waals surface area contributed by atoms with Crippen LogP contribution in [0.5, 0.6) is 0 Å². The molecule has 6 heteroatoms. The summed E-state index contributed by atoms with van der Waals surface area (Å²) in [6.45, 7) is 1.81. The van der Waals surface area contributed by atoms with Crippen LogP contribution in [0.4, 0.5) is 0 Å². The average molecular weight is 326 g/mol. The quantitative estimate of drug-likeness (QED) is 0.841. The summed E-state index contributed by atoms with van der Waals surface area (Å²) in [6, 6.07) is 7.05. The molecule has 24 heavy (non-hydrogen) atoms. The van der Waals surface area contributed by atoms with Crippen molar-refractivity contribution >= 4 is 0 Å². The van der Waals surface area contributed by atoms with Crippen LogP contribution in [-0.4, -0.2) is 44.3 Å². The third kappa shape index (κ3) is 3.35. The zero-order valence-electron chi connectivity index (χ0n) is 14.3. The first-order valence-electron chi connectivity index (χ1n) is 8.98. The van der Waals surface area contributed by atoms with Crippen molar-refractivity contribution in [2.45, 2.75) is 56.7 Å². The van der Waals surface area contributed by atoms with Crippen LogP contribution in [0.25, 0.3) is 0 Å². The van der Waals surface area contributed by atoms with E-state index in [0.29, 0.717) is 18.0 Å². The Morgan fingerprint density at radius 1 is 1.25 bits per heavy atom. The van der Waals surface area contributed by atoms with Gasteiger partial charge in [0.25, 0.3) is 0 Å². The van der Waals surface area contributed by atoms with Crippen molar-refractivity contribution in [3.63, 3.8) is 0 Å². The van der Waals surface area contributed by atoms with Crippen molar-refractivity contribution in [3.05, 3.63) is 41.7 Å². The number of nitrogens with zero attached hydrogens (tertiary/aromatic N) is 5. The summed E-state index contributed by atoms with van der Waals surface area (Å²) in [5.41, 5.74) is 7.10. The number of hydrogen-bond acceptors (Lipinski definition) is 5. The predicted octanol–water partition coefficient (Wildman–Crippen LogP) is 1.89. The summed E-state index contributed by atoms with van der Waals surface area (Å²) >= 11 is 0. The molecule has 0 atom stereocenters. The Kier molecular flexibility index (Phi) is 4.33. The second kappa shape index (κ2) is 6.61. The molecule has 0 spiro atoms. The lowest BCUT2D eigenvalue weighted by molar-refractivity contribution is 0.307. The molecule has 0 unspecified atom stereocenters. The van der Waals surface area contributed by atoms with E-state index in [1.165, 1.54) is 18.7 Å². The van der Waals surface area contributed by atoms with Gasteiger partial charge in [0.05, 0.1) is 6.54 Å². The Morgan fingerprint density at radius 3 is 2.75 bits per heavy atom. The zero-order chi connectivity index (χ0) is 16.5. The van der Waals surface area contributed by atoms with Crippen LogP contribution in [0.3, 0.4) is 0 Å². The van der Waals surface area contributed by atoms with Gasteiger partial charge in [-0.1, -0.05) is 6.07 Å². The molecular formula is C18H26N6. The summed E-state index contributed by atoms with van der Waals surface area (Å²) in [5.74, 6) is 2.80. The molecule has 2 heterocycles. The van der Waals surface area contributed by atoms with Crippen molar-refractivity contribution in [1.82, 2.24) is 24.6 Å². The number of rotatable bonds is 7. The maximum absolute atomic E-state index is 5.96. The minimum atomic E-state index is 0.351. The van der Waals surface area contributed by atoms with E-state index in [1.54, 1.807) is 0 Å². The van der Waals surface area contributed by atoms with Gasteiger partial charge in [-0.05, 0) is 44.9 Å². The fourth-order valence-electron chi connectivity index (χ4n) is 3.50. The van der Waals surface area contributed by atoms with Crippen LogP contribution in [0.1, 0.15) is 55.0 Å². The Labute approximate surface area is 143 Å². The van der Waals surface area contributed by atoms with E-state index < -0.39 is 0 Å². The maximum atomic E-state index is 5.96. The summed E-state index contributed by atoms with van der Waals surface area (Å²) in [4.78, 5) is 6.71. The van der Waals surface area contributed by atoms with E-state index >= 15 is 0 Å². The molecular weight excluding hydrogens is 300 g/mol. The van der Waals surface area contributed by atoms with Crippen LogP contribution < -0.4 is 5.73 Å².